The minimum absolute atomic E-state index is 0.592. The average molecular weight is 496 g/mol. The second-order valence-electron chi connectivity index (χ2n) is 9.21. The molecule has 5 aromatic rings. The summed E-state index contributed by atoms with van der Waals surface area (Å²) in [5, 5.41) is 0.735. The molecule has 0 spiro atoms. The number of nitrogens with one attached hydrogen (secondary N) is 1. The Morgan fingerprint density at radius 2 is 1.78 bits per heavy atom. The molecule has 2 aromatic heterocycles. The molecule has 0 unspecified atom stereocenters. The number of anilines is 1. The summed E-state index contributed by atoms with van der Waals surface area (Å²) >= 11 is 6.10. The number of hydrogen-bond acceptors (Lipinski definition) is 5. The lowest BCUT2D eigenvalue weighted by atomic mass is 10.0. The Kier molecular flexibility index (Phi) is 5.82. The molecule has 7 heteroatoms. The lowest BCUT2D eigenvalue weighted by Gasteiger charge is -2.24. The maximum atomic E-state index is 6.15. The van der Waals surface area contributed by atoms with E-state index in [-0.39, 0.29) is 0 Å². The number of halogens is 1. The van der Waals surface area contributed by atoms with Crippen molar-refractivity contribution < 1.29 is 4.74 Å². The molecule has 1 aliphatic heterocycles. The molecular formula is C29H26ClN5O. The van der Waals surface area contributed by atoms with Crippen LogP contribution >= 0.6 is 11.6 Å². The minimum atomic E-state index is 0.592. The summed E-state index contributed by atoms with van der Waals surface area (Å²) in [5.74, 6) is 2.79. The molecule has 36 heavy (non-hydrogen) atoms. The van der Waals surface area contributed by atoms with Gasteiger partial charge in [-0.15, -0.1) is 0 Å². The van der Waals surface area contributed by atoms with Crippen LogP contribution < -0.4 is 9.64 Å². The highest BCUT2D eigenvalue weighted by atomic mass is 35.5. The van der Waals surface area contributed by atoms with Crippen molar-refractivity contribution in [3.05, 3.63) is 100 Å². The number of fused-ring (bicyclic) bond motifs is 2. The van der Waals surface area contributed by atoms with Gasteiger partial charge in [-0.3, -0.25) is 0 Å². The van der Waals surface area contributed by atoms with Gasteiger partial charge in [0.05, 0.1) is 17.6 Å². The minimum Gasteiger partial charge on any atom is -0.491 e. The Morgan fingerprint density at radius 3 is 2.64 bits per heavy atom. The molecule has 0 fully saturated rings. The first-order chi connectivity index (χ1) is 17.5. The second-order valence-corrected chi connectivity index (χ2v) is 9.65. The maximum Gasteiger partial charge on any atom is 0.136 e. The van der Waals surface area contributed by atoms with Gasteiger partial charge in [0.1, 0.15) is 30.3 Å². The highest BCUT2D eigenvalue weighted by Gasteiger charge is 2.21. The van der Waals surface area contributed by atoms with Gasteiger partial charge < -0.3 is 14.6 Å². The van der Waals surface area contributed by atoms with E-state index in [4.69, 9.17) is 21.3 Å². The van der Waals surface area contributed by atoms with Crippen LogP contribution in [0, 0.1) is 13.8 Å². The normalized spacial score (nSPS) is 13.4. The van der Waals surface area contributed by atoms with Gasteiger partial charge in [0.15, 0.2) is 0 Å². The quantitative estimate of drug-likeness (QED) is 0.318. The number of H-pyrrole nitrogens is 1. The van der Waals surface area contributed by atoms with Gasteiger partial charge in [-0.1, -0.05) is 35.9 Å². The summed E-state index contributed by atoms with van der Waals surface area (Å²) < 4.78 is 6.15. The number of nitrogens with zero attached hydrogens (tertiary/aromatic N) is 4. The predicted molar refractivity (Wildman–Crippen MR) is 144 cm³/mol. The van der Waals surface area contributed by atoms with Crippen LogP contribution in [0.4, 0.5) is 5.82 Å². The smallest absolute Gasteiger partial charge is 0.136 e. The van der Waals surface area contributed by atoms with E-state index in [0.717, 1.165) is 74.4 Å². The predicted octanol–water partition coefficient (Wildman–Crippen LogP) is 6.28. The van der Waals surface area contributed by atoms with E-state index in [1.807, 2.05) is 26.0 Å². The van der Waals surface area contributed by atoms with Crippen LogP contribution in [0.25, 0.3) is 22.2 Å². The van der Waals surface area contributed by atoms with Crippen LogP contribution in [0.3, 0.4) is 0 Å². The van der Waals surface area contributed by atoms with Crippen molar-refractivity contribution in [3.8, 4) is 16.9 Å². The molecule has 180 valence electrons. The number of aromatic amines is 1. The SMILES string of the molecule is Cc1nc2ccc(-c3ccc4c(c3)CN(c3ncnc(C)c3Cc3ccc(Cl)cc3)CCO4)cc2[nH]1. The zero-order chi connectivity index (χ0) is 24.6. The monoisotopic (exact) mass is 495 g/mol. The summed E-state index contributed by atoms with van der Waals surface area (Å²) in [7, 11) is 0. The number of ether oxygens (including phenoxy) is 1. The zero-order valence-corrected chi connectivity index (χ0v) is 21.0. The molecule has 0 atom stereocenters. The number of benzene rings is 3. The first-order valence-electron chi connectivity index (χ1n) is 12.1. The molecule has 3 heterocycles. The molecule has 1 N–H and O–H groups in total. The number of hydrogen-bond donors (Lipinski definition) is 1. The number of rotatable bonds is 4. The maximum absolute atomic E-state index is 6.15. The topological polar surface area (TPSA) is 66.9 Å². The van der Waals surface area contributed by atoms with Gasteiger partial charge in [-0.25, -0.2) is 15.0 Å². The molecule has 0 saturated carbocycles. The molecule has 6 rings (SSSR count). The van der Waals surface area contributed by atoms with Crippen LogP contribution in [0.5, 0.6) is 5.75 Å². The van der Waals surface area contributed by atoms with Crippen molar-refractivity contribution in [1.29, 1.82) is 0 Å². The molecule has 0 aliphatic carbocycles. The van der Waals surface area contributed by atoms with Crippen LogP contribution in [0.2, 0.25) is 5.02 Å². The summed E-state index contributed by atoms with van der Waals surface area (Å²) in [5.41, 5.74) is 8.74. The first-order valence-corrected chi connectivity index (χ1v) is 12.4. The summed E-state index contributed by atoms with van der Waals surface area (Å²) in [6, 6.07) is 20.7. The van der Waals surface area contributed by atoms with Crippen molar-refractivity contribution >= 4 is 28.5 Å². The third-order valence-corrected chi connectivity index (χ3v) is 6.96. The Hall–Kier alpha value is -3.90. The summed E-state index contributed by atoms with van der Waals surface area (Å²) in [6.45, 7) is 6.06. The lowest BCUT2D eigenvalue weighted by molar-refractivity contribution is 0.331. The Bertz CT molecular complexity index is 1560. The third-order valence-electron chi connectivity index (χ3n) is 6.71. The van der Waals surface area contributed by atoms with Gasteiger partial charge in [0, 0.05) is 34.8 Å². The van der Waals surface area contributed by atoms with Gasteiger partial charge in [0.25, 0.3) is 0 Å². The van der Waals surface area contributed by atoms with Crippen molar-refractivity contribution in [2.24, 2.45) is 0 Å². The number of aryl methyl sites for hydroxylation is 2. The van der Waals surface area contributed by atoms with E-state index in [2.05, 4.69) is 68.4 Å². The second kappa shape index (κ2) is 9.28. The molecule has 3 aromatic carbocycles. The van der Waals surface area contributed by atoms with Crippen LogP contribution in [0.1, 0.15) is 28.2 Å². The fourth-order valence-electron chi connectivity index (χ4n) is 4.85. The Labute approximate surface area is 215 Å². The van der Waals surface area contributed by atoms with Gasteiger partial charge in [-0.2, -0.15) is 0 Å². The van der Waals surface area contributed by atoms with Crippen molar-refractivity contribution in [3.63, 3.8) is 0 Å². The number of imidazole rings is 1. The molecule has 6 nitrogen and oxygen atoms in total. The van der Waals surface area contributed by atoms with Crippen LogP contribution in [-0.2, 0) is 13.0 Å². The fraction of sp³-hybridized carbons (Fsp3) is 0.207. The van der Waals surface area contributed by atoms with Gasteiger partial charge >= 0.3 is 0 Å². The van der Waals surface area contributed by atoms with E-state index in [1.54, 1.807) is 6.33 Å². The Balaban J connectivity index is 1.34. The van der Waals surface area contributed by atoms with Crippen LogP contribution in [-0.4, -0.2) is 33.1 Å². The summed E-state index contributed by atoms with van der Waals surface area (Å²) in [4.78, 5) is 19.4. The first kappa shape index (κ1) is 22.6. The number of aromatic nitrogens is 4. The van der Waals surface area contributed by atoms with E-state index in [1.165, 1.54) is 5.56 Å². The van der Waals surface area contributed by atoms with E-state index >= 15 is 0 Å². The van der Waals surface area contributed by atoms with E-state index in [0.29, 0.717) is 13.2 Å². The van der Waals surface area contributed by atoms with Crippen molar-refractivity contribution in [2.45, 2.75) is 26.8 Å². The standard InChI is InChI=1S/C29H26ClN5O/c1-18-25(13-20-3-7-24(30)8-4-20)29(32-17-31-18)35-11-12-36-28-10-6-21(14-23(28)16-35)22-5-9-26-27(15-22)34-19(2)33-26/h3-10,14-15,17H,11-13,16H2,1-2H3,(H,33,34). The van der Waals surface area contributed by atoms with Crippen molar-refractivity contribution in [2.75, 3.05) is 18.1 Å². The molecule has 0 saturated heterocycles. The largest absolute Gasteiger partial charge is 0.491 e. The van der Waals surface area contributed by atoms with E-state index in [9.17, 15) is 0 Å². The molecular weight excluding hydrogens is 470 g/mol. The van der Waals surface area contributed by atoms with Crippen LogP contribution in [0.15, 0.2) is 67.0 Å². The average Bonchev–Trinajstić information content (AvgIpc) is 3.12. The molecule has 0 amide bonds. The molecule has 1 aliphatic rings. The summed E-state index contributed by atoms with van der Waals surface area (Å²) in [6.07, 6.45) is 2.40. The fourth-order valence-corrected chi connectivity index (χ4v) is 4.97. The van der Waals surface area contributed by atoms with Gasteiger partial charge in [0.2, 0.25) is 0 Å². The van der Waals surface area contributed by atoms with E-state index < -0.39 is 0 Å². The molecule has 0 bridgehead atoms. The molecule has 0 radical (unpaired) electrons. The highest BCUT2D eigenvalue weighted by molar-refractivity contribution is 6.30. The highest BCUT2D eigenvalue weighted by Crippen LogP contribution is 2.33. The lowest BCUT2D eigenvalue weighted by Crippen LogP contribution is -2.28. The van der Waals surface area contributed by atoms with Crippen molar-refractivity contribution in [1.82, 2.24) is 19.9 Å². The Morgan fingerprint density at radius 1 is 0.972 bits per heavy atom. The zero-order valence-electron chi connectivity index (χ0n) is 20.3. The van der Waals surface area contributed by atoms with Gasteiger partial charge in [-0.05, 0) is 66.9 Å². The third kappa shape index (κ3) is 4.40.